The van der Waals surface area contributed by atoms with E-state index in [9.17, 15) is 4.79 Å². The Morgan fingerprint density at radius 3 is 2.91 bits per heavy atom. The van der Waals surface area contributed by atoms with Crippen molar-refractivity contribution < 1.29 is 14.1 Å². The summed E-state index contributed by atoms with van der Waals surface area (Å²) < 4.78 is 10.6. The van der Waals surface area contributed by atoms with Gasteiger partial charge in [-0.15, -0.1) is 0 Å². The van der Waals surface area contributed by atoms with Gasteiger partial charge in [-0.25, -0.2) is 0 Å². The molecule has 1 atom stereocenters. The Bertz CT molecular complexity index is 696. The molecule has 0 radical (unpaired) electrons. The highest BCUT2D eigenvalue weighted by molar-refractivity contribution is 5.97. The van der Waals surface area contributed by atoms with Gasteiger partial charge in [0, 0.05) is 24.6 Å². The smallest absolute Gasteiger partial charge is 0.253 e. The van der Waals surface area contributed by atoms with E-state index in [1.807, 2.05) is 45.0 Å². The van der Waals surface area contributed by atoms with Crippen molar-refractivity contribution in [3.8, 4) is 0 Å². The third kappa shape index (κ3) is 2.99. The number of hydrogen-bond acceptors (Lipinski definition) is 5. The van der Waals surface area contributed by atoms with Crippen LogP contribution in [0.25, 0.3) is 0 Å². The highest BCUT2D eigenvalue weighted by atomic mass is 16.5. The SMILES string of the molecule is CCOCC(=O)N1c2ccccc2CC1c1noc(C(C)C)n1. The third-order valence-corrected chi connectivity index (χ3v) is 3.92. The van der Waals surface area contributed by atoms with Crippen molar-refractivity contribution in [3.05, 3.63) is 41.5 Å². The first-order valence-electron chi connectivity index (χ1n) is 7.93. The fourth-order valence-electron chi connectivity index (χ4n) is 2.78. The summed E-state index contributed by atoms with van der Waals surface area (Å²) in [5.74, 6) is 1.22. The van der Waals surface area contributed by atoms with Gasteiger partial charge in [-0.05, 0) is 18.6 Å². The van der Waals surface area contributed by atoms with Crippen molar-refractivity contribution in [2.75, 3.05) is 18.1 Å². The molecule has 0 bridgehead atoms. The van der Waals surface area contributed by atoms with Crippen molar-refractivity contribution in [2.45, 2.75) is 39.2 Å². The number of para-hydroxylation sites is 1. The van der Waals surface area contributed by atoms with Crippen LogP contribution in [0.3, 0.4) is 0 Å². The van der Waals surface area contributed by atoms with E-state index in [1.165, 1.54) is 0 Å². The molecule has 0 saturated carbocycles. The molecule has 6 heteroatoms. The average molecular weight is 315 g/mol. The normalized spacial score (nSPS) is 16.9. The summed E-state index contributed by atoms with van der Waals surface area (Å²) in [6.07, 6.45) is 0.686. The summed E-state index contributed by atoms with van der Waals surface area (Å²) in [6.45, 7) is 6.43. The van der Waals surface area contributed by atoms with Crippen LogP contribution < -0.4 is 4.90 Å². The number of amides is 1. The fraction of sp³-hybridized carbons (Fsp3) is 0.471. The quantitative estimate of drug-likeness (QED) is 0.848. The molecule has 1 aromatic carbocycles. The number of fused-ring (bicyclic) bond motifs is 1. The molecule has 0 saturated heterocycles. The van der Waals surface area contributed by atoms with E-state index in [-0.39, 0.29) is 24.5 Å². The van der Waals surface area contributed by atoms with Gasteiger partial charge in [0.15, 0.2) is 5.82 Å². The molecule has 122 valence electrons. The zero-order valence-electron chi connectivity index (χ0n) is 13.7. The van der Waals surface area contributed by atoms with Gasteiger partial charge in [0.25, 0.3) is 5.91 Å². The molecule has 1 amide bonds. The molecule has 6 nitrogen and oxygen atoms in total. The zero-order chi connectivity index (χ0) is 16.4. The summed E-state index contributed by atoms with van der Waals surface area (Å²) >= 11 is 0. The topological polar surface area (TPSA) is 68.5 Å². The second-order valence-electron chi connectivity index (χ2n) is 5.90. The Morgan fingerprint density at radius 1 is 1.43 bits per heavy atom. The van der Waals surface area contributed by atoms with E-state index in [0.717, 1.165) is 11.3 Å². The second kappa shape index (κ2) is 6.50. The number of ether oxygens (including phenoxy) is 1. The van der Waals surface area contributed by atoms with E-state index in [1.54, 1.807) is 4.90 Å². The molecule has 3 rings (SSSR count). The van der Waals surface area contributed by atoms with Crippen molar-refractivity contribution in [1.29, 1.82) is 0 Å². The van der Waals surface area contributed by atoms with Crippen molar-refractivity contribution in [1.82, 2.24) is 10.1 Å². The van der Waals surface area contributed by atoms with Crippen LogP contribution in [0, 0.1) is 0 Å². The number of hydrogen-bond donors (Lipinski definition) is 0. The molecule has 0 spiro atoms. The molecule has 0 N–H and O–H groups in total. The summed E-state index contributed by atoms with van der Waals surface area (Å²) in [6, 6.07) is 7.64. The van der Waals surface area contributed by atoms with Crippen LogP contribution >= 0.6 is 0 Å². The van der Waals surface area contributed by atoms with Crippen LogP contribution in [-0.4, -0.2) is 29.3 Å². The Hall–Kier alpha value is -2.21. The lowest BCUT2D eigenvalue weighted by Crippen LogP contribution is -2.35. The summed E-state index contributed by atoms with van der Waals surface area (Å²) in [4.78, 5) is 18.8. The summed E-state index contributed by atoms with van der Waals surface area (Å²) in [5, 5.41) is 4.09. The number of anilines is 1. The number of rotatable bonds is 5. The monoisotopic (exact) mass is 315 g/mol. The third-order valence-electron chi connectivity index (χ3n) is 3.92. The van der Waals surface area contributed by atoms with Gasteiger partial charge < -0.3 is 9.26 Å². The first-order valence-corrected chi connectivity index (χ1v) is 7.93. The lowest BCUT2D eigenvalue weighted by Gasteiger charge is -2.23. The van der Waals surface area contributed by atoms with E-state index in [0.29, 0.717) is 24.7 Å². The van der Waals surface area contributed by atoms with Crippen LogP contribution in [0.2, 0.25) is 0 Å². The van der Waals surface area contributed by atoms with Gasteiger partial charge in [0.05, 0.1) is 0 Å². The van der Waals surface area contributed by atoms with E-state index in [4.69, 9.17) is 9.26 Å². The highest BCUT2D eigenvalue weighted by Gasteiger charge is 2.37. The summed E-state index contributed by atoms with van der Waals surface area (Å²) in [5.41, 5.74) is 2.01. The van der Waals surface area contributed by atoms with Crippen LogP contribution in [-0.2, 0) is 16.0 Å². The molecule has 0 fully saturated rings. The number of nitrogens with zero attached hydrogens (tertiary/aromatic N) is 3. The van der Waals surface area contributed by atoms with Gasteiger partial charge in [0.1, 0.15) is 12.6 Å². The minimum atomic E-state index is -0.239. The van der Waals surface area contributed by atoms with Crippen molar-refractivity contribution in [2.24, 2.45) is 0 Å². The molecule has 2 heterocycles. The standard InChI is InChI=1S/C17H21N3O3/c1-4-22-10-15(21)20-13-8-6-5-7-12(13)9-14(20)16-18-17(11(2)3)23-19-16/h5-8,11,14H,4,9-10H2,1-3H3. The average Bonchev–Trinajstić information content (AvgIpc) is 3.16. The predicted molar refractivity (Wildman–Crippen MR) is 85.3 cm³/mol. The fourth-order valence-corrected chi connectivity index (χ4v) is 2.78. The Kier molecular flexibility index (Phi) is 4.43. The largest absolute Gasteiger partial charge is 0.372 e. The van der Waals surface area contributed by atoms with Crippen molar-refractivity contribution >= 4 is 11.6 Å². The Balaban J connectivity index is 1.93. The molecule has 1 unspecified atom stereocenters. The second-order valence-corrected chi connectivity index (χ2v) is 5.90. The van der Waals surface area contributed by atoms with Crippen LogP contribution in [0.5, 0.6) is 0 Å². The first kappa shape index (κ1) is 15.7. The number of aromatic nitrogens is 2. The minimum absolute atomic E-state index is 0.0518. The molecule has 2 aromatic rings. The molecule has 0 aliphatic carbocycles. The Labute approximate surface area is 135 Å². The highest BCUT2D eigenvalue weighted by Crippen LogP contribution is 2.39. The maximum Gasteiger partial charge on any atom is 0.253 e. The minimum Gasteiger partial charge on any atom is -0.372 e. The molecule has 23 heavy (non-hydrogen) atoms. The van der Waals surface area contributed by atoms with E-state index in [2.05, 4.69) is 10.1 Å². The van der Waals surface area contributed by atoms with Crippen LogP contribution in [0.4, 0.5) is 5.69 Å². The van der Waals surface area contributed by atoms with Gasteiger partial charge in [0.2, 0.25) is 5.89 Å². The van der Waals surface area contributed by atoms with Gasteiger partial charge >= 0.3 is 0 Å². The molecule has 1 aliphatic heterocycles. The van der Waals surface area contributed by atoms with Gasteiger partial charge in [-0.2, -0.15) is 4.98 Å². The summed E-state index contributed by atoms with van der Waals surface area (Å²) in [7, 11) is 0. The number of carbonyl (C=O) groups excluding carboxylic acids is 1. The van der Waals surface area contributed by atoms with Gasteiger partial charge in [-0.1, -0.05) is 37.2 Å². The lowest BCUT2D eigenvalue weighted by molar-refractivity contribution is -0.123. The van der Waals surface area contributed by atoms with E-state index >= 15 is 0 Å². The first-order chi connectivity index (χ1) is 11.1. The predicted octanol–water partition coefficient (Wildman–Crippen LogP) is 2.86. The number of benzene rings is 1. The van der Waals surface area contributed by atoms with Crippen LogP contribution in [0.1, 0.15) is 50.0 Å². The van der Waals surface area contributed by atoms with Crippen molar-refractivity contribution in [3.63, 3.8) is 0 Å². The lowest BCUT2D eigenvalue weighted by atomic mass is 10.1. The maximum atomic E-state index is 12.6. The molecular weight excluding hydrogens is 294 g/mol. The van der Waals surface area contributed by atoms with Crippen LogP contribution in [0.15, 0.2) is 28.8 Å². The Morgan fingerprint density at radius 2 is 2.22 bits per heavy atom. The number of carbonyl (C=O) groups is 1. The molecule has 1 aliphatic rings. The molecule has 1 aromatic heterocycles. The zero-order valence-corrected chi connectivity index (χ0v) is 13.7. The van der Waals surface area contributed by atoms with E-state index < -0.39 is 0 Å². The van der Waals surface area contributed by atoms with Gasteiger partial charge in [-0.3, -0.25) is 9.69 Å². The molecular formula is C17H21N3O3. The maximum absolute atomic E-state index is 12.6.